The molecule has 0 spiro atoms. The molecule has 0 bridgehead atoms. The van der Waals surface area contributed by atoms with Crippen LogP contribution in [0.3, 0.4) is 0 Å². The summed E-state index contributed by atoms with van der Waals surface area (Å²) in [5.74, 6) is 0. The van der Waals surface area contributed by atoms with Gasteiger partial charge in [-0.1, -0.05) is 6.07 Å². The molecular weight excluding hydrogens is 194 g/mol. The minimum absolute atomic E-state index is 0.861. The first kappa shape index (κ1) is 9.15. The van der Waals surface area contributed by atoms with E-state index in [9.17, 15) is 0 Å². The zero-order valence-corrected chi connectivity index (χ0v) is 8.71. The van der Waals surface area contributed by atoms with Crippen LogP contribution >= 0.6 is 11.3 Å². The number of hydrogen-bond acceptors (Lipinski definition) is 4. The third-order valence-corrected chi connectivity index (χ3v) is 2.86. The molecule has 0 atom stereocenters. The Kier molecular flexibility index (Phi) is 2.74. The number of hydrogen-bond donors (Lipinski definition) is 1. The lowest BCUT2D eigenvalue weighted by Gasteiger charge is -1.95. The van der Waals surface area contributed by atoms with Gasteiger partial charge in [-0.2, -0.15) is 0 Å². The van der Waals surface area contributed by atoms with Gasteiger partial charge < -0.3 is 5.32 Å². The fraction of sp³-hybridized carbons (Fsp3) is 0.200. The molecule has 2 aromatic rings. The highest BCUT2D eigenvalue weighted by Gasteiger charge is 2.01. The summed E-state index contributed by atoms with van der Waals surface area (Å²) < 4.78 is 0. The van der Waals surface area contributed by atoms with Gasteiger partial charge in [-0.05, 0) is 12.1 Å². The van der Waals surface area contributed by atoms with Crippen LogP contribution in [0, 0.1) is 0 Å². The van der Waals surface area contributed by atoms with Crippen molar-refractivity contribution in [3.63, 3.8) is 0 Å². The molecule has 2 aromatic heterocycles. The first-order chi connectivity index (χ1) is 6.88. The number of aromatic nitrogens is 2. The highest BCUT2D eigenvalue weighted by atomic mass is 32.1. The fourth-order valence-corrected chi connectivity index (χ4v) is 1.97. The Balaban J connectivity index is 2.11. The van der Waals surface area contributed by atoms with Crippen molar-refractivity contribution in [1.29, 1.82) is 0 Å². The normalized spacial score (nSPS) is 10.1. The van der Waals surface area contributed by atoms with E-state index in [0.29, 0.717) is 0 Å². The third kappa shape index (κ3) is 2.09. The van der Waals surface area contributed by atoms with E-state index in [1.165, 1.54) is 4.88 Å². The Labute approximate surface area is 86.8 Å². The summed E-state index contributed by atoms with van der Waals surface area (Å²) in [6.45, 7) is 0. The zero-order valence-electron chi connectivity index (χ0n) is 7.90. The molecule has 4 heteroatoms. The lowest BCUT2D eigenvalue weighted by molar-refractivity contribution is 1.09. The number of nitrogens with one attached hydrogen (secondary N) is 1. The van der Waals surface area contributed by atoms with E-state index in [-0.39, 0.29) is 0 Å². The molecule has 0 radical (unpaired) electrons. The van der Waals surface area contributed by atoms with E-state index >= 15 is 0 Å². The van der Waals surface area contributed by atoms with E-state index in [1.54, 1.807) is 11.3 Å². The Hall–Kier alpha value is -1.42. The lowest BCUT2D eigenvalue weighted by Crippen LogP contribution is -1.87. The van der Waals surface area contributed by atoms with Crippen LogP contribution in [0.15, 0.2) is 30.6 Å². The van der Waals surface area contributed by atoms with Crippen LogP contribution < -0.4 is 5.32 Å². The van der Waals surface area contributed by atoms with Gasteiger partial charge in [0.1, 0.15) is 0 Å². The molecule has 14 heavy (non-hydrogen) atoms. The number of anilines is 1. The third-order valence-electron chi connectivity index (χ3n) is 1.85. The van der Waals surface area contributed by atoms with Crippen molar-refractivity contribution in [2.75, 3.05) is 12.4 Å². The molecule has 72 valence electrons. The zero-order chi connectivity index (χ0) is 9.80. The first-order valence-electron chi connectivity index (χ1n) is 4.41. The molecule has 0 aliphatic rings. The van der Waals surface area contributed by atoms with Gasteiger partial charge in [0.2, 0.25) is 0 Å². The lowest BCUT2D eigenvalue weighted by atomic mass is 10.2. The molecule has 0 aliphatic heterocycles. The smallest absolute Gasteiger partial charge is 0.182 e. The largest absolute Gasteiger partial charge is 0.365 e. The topological polar surface area (TPSA) is 37.8 Å². The predicted octanol–water partition coefficient (Wildman–Crippen LogP) is 2.17. The molecule has 1 N–H and O–H groups in total. The van der Waals surface area contributed by atoms with Gasteiger partial charge in [0.15, 0.2) is 5.13 Å². The summed E-state index contributed by atoms with van der Waals surface area (Å²) in [6, 6.07) is 5.95. The van der Waals surface area contributed by atoms with Crippen LogP contribution in [-0.2, 0) is 6.42 Å². The molecule has 0 saturated heterocycles. The second-order valence-corrected chi connectivity index (χ2v) is 3.99. The Morgan fingerprint density at radius 3 is 2.93 bits per heavy atom. The van der Waals surface area contributed by atoms with Crippen molar-refractivity contribution in [3.8, 4) is 0 Å². The maximum Gasteiger partial charge on any atom is 0.182 e. The summed E-state index contributed by atoms with van der Waals surface area (Å²) in [5.41, 5.74) is 1.08. The van der Waals surface area contributed by atoms with Gasteiger partial charge in [-0.25, -0.2) is 4.98 Å². The molecule has 0 amide bonds. The van der Waals surface area contributed by atoms with E-state index in [2.05, 4.69) is 15.3 Å². The van der Waals surface area contributed by atoms with E-state index in [1.807, 2.05) is 37.6 Å². The fourth-order valence-electron chi connectivity index (χ4n) is 1.19. The Bertz CT molecular complexity index is 397. The molecule has 2 heterocycles. The van der Waals surface area contributed by atoms with Gasteiger partial charge in [0.25, 0.3) is 0 Å². The van der Waals surface area contributed by atoms with Crippen molar-refractivity contribution >= 4 is 16.5 Å². The van der Waals surface area contributed by atoms with Crippen molar-refractivity contribution in [1.82, 2.24) is 9.97 Å². The monoisotopic (exact) mass is 205 g/mol. The van der Waals surface area contributed by atoms with Crippen molar-refractivity contribution in [2.45, 2.75) is 6.42 Å². The molecule has 0 fully saturated rings. The number of nitrogens with zero attached hydrogens (tertiary/aromatic N) is 2. The van der Waals surface area contributed by atoms with Gasteiger partial charge in [0.05, 0.1) is 0 Å². The SMILES string of the molecule is CNc1ncc(Cc2ccccn2)s1. The van der Waals surface area contributed by atoms with Crippen LogP contribution in [0.25, 0.3) is 0 Å². The minimum atomic E-state index is 0.861. The summed E-state index contributed by atoms with van der Waals surface area (Å²) in [6.07, 6.45) is 4.57. The first-order valence-corrected chi connectivity index (χ1v) is 5.22. The summed E-state index contributed by atoms with van der Waals surface area (Å²) >= 11 is 1.67. The summed E-state index contributed by atoms with van der Waals surface area (Å²) in [7, 11) is 1.88. The van der Waals surface area contributed by atoms with Gasteiger partial charge in [-0.15, -0.1) is 11.3 Å². The van der Waals surface area contributed by atoms with Gasteiger partial charge in [0, 0.05) is 36.4 Å². The number of thiazole rings is 1. The van der Waals surface area contributed by atoms with Gasteiger partial charge in [-0.3, -0.25) is 4.98 Å². The van der Waals surface area contributed by atoms with E-state index < -0.39 is 0 Å². The quantitative estimate of drug-likeness (QED) is 0.834. The van der Waals surface area contributed by atoms with Crippen molar-refractivity contribution < 1.29 is 0 Å². The average Bonchev–Trinajstić information content (AvgIpc) is 2.67. The highest BCUT2D eigenvalue weighted by Crippen LogP contribution is 2.19. The van der Waals surface area contributed by atoms with Crippen LogP contribution in [0.2, 0.25) is 0 Å². The van der Waals surface area contributed by atoms with Gasteiger partial charge >= 0.3 is 0 Å². The highest BCUT2D eigenvalue weighted by molar-refractivity contribution is 7.15. The average molecular weight is 205 g/mol. The molecule has 2 rings (SSSR count). The molecular formula is C10H11N3S. The Morgan fingerprint density at radius 1 is 1.36 bits per heavy atom. The van der Waals surface area contributed by atoms with Crippen molar-refractivity contribution in [2.24, 2.45) is 0 Å². The maximum absolute atomic E-state index is 4.27. The molecule has 0 aliphatic carbocycles. The van der Waals surface area contributed by atoms with E-state index in [4.69, 9.17) is 0 Å². The molecule has 3 nitrogen and oxygen atoms in total. The van der Waals surface area contributed by atoms with Crippen LogP contribution in [0.5, 0.6) is 0 Å². The van der Waals surface area contributed by atoms with Crippen LogP contribution in [0.4, 0.5) is 5.13 Å². The number of rotatable bonds is 3. The number of pyridine rings is 1. The predicted molar refractivity (Wildman–Crippen MR) is 58.7 cm³/mol. The second-order valence-electron chi connectivity index (χ2n) is 2.88. The standard InChI is InChI=1S/C10H11N3S/c1-11-10-13-7-9(14-10)6-8-4-2-3-5-12-8/h2-5,7H,6H2,1H3,(H,11,13). The molecule has 0 unspecified atom stereocenters. The summed E-state index contributed by atoms with van der Waals surface area (Å²) in [4.78, 5) is 9.71. The summed E-state index contributed by atoms with van der Waals surface area (Å²) in [5, 5.41) is 3.97. The van der Waals surface area contributed by atoms with Crippen molar-refractivity contribution in [3.05, 3.63) is 41.2 Å². The Morgan fingerprint density at radius 2 is 2.29 bits per heavy atom. The van der Waals surface area contributed by atoms with E-state index in [0.717, 1.165) is 17.2 Å². The second kappa shape index (κ2) is 4.19. The molecule has 0 saturated carbocycles. The van der Waals surface area contributed by atoms with Crippen LogP contribution in [-0.4, -0.2) is 17.0 Å². The maximum atomic E-state index is 4.27. The molecule has 0 aromatic carbocycles. The minimum Gasteiger partial charge on any atom is -0.365 e. The van der Waals surface area contributed by atoms with Crippen LogP contribution in [0.1, 0.15) is 10.6 Å².